The predicted molar refractivity (Wildman–Crippen MR) is 59.8 cm³/mol. The number of ketones is 1. The maximum atomic E-state index is 11.8. The average Bonchev–Trinajstić information content (AvgIpc) is 2.10. The Balaban J connectivity index is 3.22. The molecule has 1 aromatic rings. The topological polar surface area (TPSA) is 17.1 Å². The second kappa shape index (κ2) is 3.95. The van der Waals surface area contributed by atoms with Gasteiger partial charge in [0.05, 0.1) is 0 Å². The molecule has 1 heteroatoms. The van der Waals surface area contributed by atoms with E-state index >= 15 is 0 Å². The van der Waals surface area contributed by atoms with Gasteiger partial charge in [-0.1, -0.05) is 19.9 Å². The monoisotopic (exact) mass is 190 g/mol. The van der Waals surface area contributed by atoms with Crippen LogP contribution in [0.5, 0.6) is 0 Å². The van der Waals surface area contributed by atoms with E-state index in [1.165, 1.54) is 11.1 Å². The molecule has 0 aromatic heterocycles. The molecule has 0 saturated carbocycles. The van der Waals surface area contributed by atoms with Crippen LogP contribution in [-0.4, -0.2) is 5.78 Å². The standard InChI is InChI=1S/C13H18O/c1-8(2)13(14)12-7-10(4)9(3)6-11(12)5/h6-8H,1-5H3. The molecule has 0 saturated heterocycles. The van der Waals surface area contributed by atoms with Crippen LogP contribution < -0.4 is 0 Å². The van der Waals surface area contributed by atoms with Crippen LogP contribution in [0.4, 0.5) is 0 Å². The van der Waals surface area contributed by atoms with Gasteiger partial charge in [0, 0.05) is 11.5 Å². The first-order valence-corrected chi connectivity index (χ1v) is 5.05. The molecule has 0 heterocycles. The van der Waals surface area contributed by atoms with Gasteiger partial charge in [-0.15, -0.1) is 0 Å². The molecule has 0 aliphatic heterocycles. The van der Waals surface area contributed by atoms with Gasteiger partial charge in [-0.3, -0.25) is 4.79 Å². The van der Waals surface area contributed by atoms with Crippen LogP contribution in [0.2, 0.25) is 0 Å². The normalized spacial score (nSPS) is 10.7. The first kappa shape index (κ1) is 11.0. The molecule has 0 unspecified atom stereocenters. The van der Waals surface area contributed by atoms with E-state index in [0.717, 1.165) is 11.1 Å². The van der Waals surface area contributed by atoms with E-state index in [4.69, 9.17) is 0 Å². The van der Waals surface area contributed by atoms with Crippen molar-refractivity contribution in [2.24, 2.45) is 5.92 Å². The van der Waals surface area contributed by atoms with Crippen LogP contribution in [0.15, 0.2) is 12.1 Å². The summed E-state index contributed by atoms with van der Waals surface area (Å²) in [5, 5.41) is 0. The van der Waals surface area contributed by atoms with Crippen LogP contribution >= 0.6 is 0 Å². The van der Waals surface area contributed by atoms with E-state index in [9.17, 15) is 4.79 Å². The minimum absolute atomic E-state index is 0.0795. The molecular formula is C13H18O. The van der Waals surface area contributed by atoms with Crippen molar-refractivity contribution >= 4 is 5.78 Å². The second-order valence-corrected chi connectivity index (χ2v) is 4.27. The third-order valence-corrected chi connectivity index (χ3v) is 2.63. The minimum atomic E-state index is 0.0795. The van der Waals surface area contributed by atoms with Crippen LogP contribution in [0.1, 0.15) is 40.9 Å². The van der Waals surface area contributed by atoms with E-state index in [2.05, 4.69) is 13.0 Å². The number of rotatable bonds is 2. The minimum Gasteiger partial charge on any atom is -0.294 e. The molecule has 0 atom stereocenters. The lowest BCUT2D eigenvalue weighted by Crippen LogP contribution is -2.09. The summed E-state index contributed by atoms with van der Waals surface area (Å²) in [6, 6.07) is 4.10. The molecule has 0 aliphatic rings. The number of hydrogen-bond acceptors (Lipinski definition) is 1. The van der Waals surface area contributed by atoms with Crippen molar-refractivity contribution in [1.29, 1.82) is 0 Å². The Morgan fingerprint density at radius 2 is 1.50 bits per heavy atom. The molecule has 1 nitrogen and oxygen atoms in total. The lowest BCUT2D eigenvalue weighted by atomic mass is 9.93. The highest BCUT2D eigenvalue weighted by Gasteiger charge is 2.13. The molecule has 0 fully saturated rings. The Hall–Kier alpha value is -1.11. The van der Waals surface area contributed by atoms with E-state index in [-0.39, 0.29) is 11.7 Å². The van der Waals surface area contributed by atoms with Crippen LogP contribution in [0, 0.1) is 26.7 Å². The van der Waals surface area contributed by atoms with Gasteiger partial charge in [-0.2, -0.15) is 0 Å². The zero-order valence-electron chi connectivity index (χ0n) is 9.64. The van der Waals surface area contributed by atoms with Crippen molar-refractivity contribution < 1.29 is 4.79 Å². The molecule has 1 rings (SSSR count). The van der Waals surface area contributed by atoms with Crippen LogP contribution in [-0.2, 0) is 0 Å². The Labute approximate surface area is 86.1 Å². The molecule has 0 spiro atoms. The van der Waals surface area contributed by atoms with Gasteiger partial charge in [-0.05, 0) is 43.5 Å². The predicted octanol–water partition coefficient (Wildman–Crippen LogP) is 3.45. The Morgan fingerprint density at radius 3 is 2.00 bits per heavy atom. The molecule has 0 N–H and O–H groups in total. The fraction of sp³-hybridized carbons (Fsp3) is 0.462. The molecule has 0 amide bonds. The number of hydrogen-bond donors (Lipinski definition) is 0. The molecule has 14 heavy (non-hydrogen) atoms. The van der Waals surface area contributed by atoms with Gasteiger partial charge in [-0.25, -0.2) is 0 Å². The van der Waals surface area contributed by atoms with Crippen molar-refractivity contribution in [3.63, 3.8) is 0 Å². The summed E-state index contributed by atoms with van der Waals surface area (Å²) in [5.41, 5.74) is 4.41. The van der Waals surface area contributed by atoms with Gasteiger partial charge in [0.25, 0.3) is 0 Å². The van der Waals surface area contributed by atoms with Crippen LogP contribution in [0.3, 0.4) is 0 Å². The third-order valence-electron chi connectivity index (χ3n) is 2.63. The van der Waals surface area contributed by atoms with Gasteiger partial charge >= 0.3 is 0 Å². The van der Waals surface area contributed by atoms with Crippen LogP contribution in [0.25, 0.3) is 0 Å². The Kier molecular flexibility index (Phi) is 3.10. The van der Waals surface area contributed by atoms with E-state index in [1.807, 2.05) is 33.8 Å². The summed E-state index contributed by atoms with van der Waals surface area (Å²) in [6.07, 6.45) is 0. The zero-order chi connectivity index (χ0) is 10.9. The van der Waals surface area contributed by atoms with Gasteiger partial charge in [0.15, 0.2) is 5.78 Å². The SMILES string of the molecule is Cc1cc(C)c(C(=O)C(C)C)cc1C. The summed E-state index contributed by atoms with van der Waals surface area (Å²) >= 11 is 0. The number of carbonyl (C=O) groups excluding carboxylic acids is 1. The summed E-state index contributed by atoms with van der Waals surface area (Å²) in [6.45, 7) is 10.0. The van der Waals surface area contributed by atoms with E-state index in [0.29, 0.717) is 0 Å². The van der Waals surface area contributed by atoms with E-state index < -0.39 is 0 Å². The quantitative estimate of drug-likeness (QED) is 0.653. The highest BCUT2D eigenvalue weighted by atomic mass is 16.1. The van der Waals surface area contributed by atoms with Crippen molar-refractivity contribution in [3.8, 4) is 0 Å². The largest absolute Gasteiger partial charge is 0.294 e. The summed E-state index contributed by atoms with van der Waals surface area (Å²) in [4.78, 5) is 11.8. The number of carbonyl (C=O) groups is 1. The fourth-order valence-corrected chi connectivity index (χ4v) is 1.54. The molecular weight excluding hydrogens is 172 g/mol. The Bertz CT molecular complexity index is 362. The lowest BCUT2D eigenvalue weighted by Gasteiger charge is -2.10. The molecule has 0 radical (unpaired) electrons. The first-order valence-electron chi connectivity index (χ1n) is 5.05. The average molecular weight is 190 g/mol. The first-order chi connectivity index (χ1) is 6.43. The second-order valence-electron chi connectivity index (χ2n) is 4.27. The lowest BCUT2D eigenvalue weighted by molar-refractivity contribution is 0.0938. The zero-order valence-corrected chi connectivity index (χ0v) is 9.64. The van der Waals surface area contributed by atoms with E-state index in [1.54, 1.807) is 0 Å². The molecule has 1 aromatic carbocycles. The molecule has 76 valence electrons. The Morgan fingerprint density at radius 1 is 1.00 bits per heavy atom. The number of Topliss-reactive ketones (excluding diaryl/α,β-unsaturated/α-hetero) is 1. The third kappa shape index (κ3) is 2.03. The van der Waals surface area contributed by atoms with Crippen molar-refractivity contribution in [2.75, 3.05) is 0 Å². The smallest absolute Gasteiger partial charge is 0.165 e. The molecule has 0 aliphatic carbocycles. The summed E-state index contributed by atoms with van der Waals surface area (Å²) < 4.78 is 0. The molecule has 0 bridgehead atoms. The van der Waals surface area contributed by atoms with Gasteiger partial charge in [0.2, 0.25) is 0 Å². The highest BCUT2D eigenvalue weighted by Crippen LogP contribution is 2.18. The maximum Gasteiger partial charge on any atom is 0.165 e. The highest BCUT2D eigenvalue weighted by molar-refractivity contribution is 5.98. The van der Waals surface area contributed by atoms with Crippen molar-refractivity contribution in [1.82, 2.24) is 0 Å². The van der Waals surface area contributed by atoms with Crippen molar-refractivity contribution in [3.05, 3.63) is 34.4 Å². The fourth-order valence-electron chi connectivity index (χ4n) is 1.54. The maximum absolute atomic E-state index is 11.8. The van der Waals surface area contributed by atoms with Gasteiger partial charge in [0.1, 0.15) is 0 Å². The summed E-state index contributed by atoms with van der Waals surface area (Å²) in [5.74, 6) is 0.321. The van der Waals surface area contributed by atoms with Crippen molar-refractivity contribution in [2.45, 2.75) is 34.6 Å². The number of aryl methyl sites for hydroxylation is 3. The van der Waals surface area contributed by atoms with Gasteiger partial charge < -0.3 is 0 Å². The summed E-state index contributed by atoms with van der Waals surface area (Å²) in [7, 11) is 0. The number of benzene rings is 1.